The summed E-state index contributed by atoms with van der Waals surface area (Å²) in [6.45, 7) is 15.7. The third-order valence-electron chi connectivity index (χ3n) is 5.50. The SMILES string of the molecule is C=CCCN(C(=O)N(CC=C)Cc1ccccc1)c1ccc2c(c1)CN(C(=O)OC(C)(C)C)C2. The third-order valence-corrected chi connectivity index (χ3v) is 5.50. The summed E-state index contributed by atoms with van der Waals surface area (Å²) in [5.41, 5.74) is 3.41. The second-order valence-electron chi connectivity index (χ2n) is 9.46. The van der Waals surface area contributed by atoms with E-state index >= 15 is 0 Å². The highest BCUT2D eigenvalue weighted by Crippen LogP contribution is 2.29. The molecule has 0 saturated heterocycles. The van der Waals surface area contributed by atoms with Crippen LogP contribution in [0.5, 0.6) is 0 Å². The Bertz CT molecular complexity index is 1030. The molecule has 0 bridgehead atoms. The number of ether oxygens (including phenoxy) is 1. The van der Waals surface area contributed by atoms with Crippen molar-refractivity contribution in [1.29, 1.82) is 0 Å². The van der Waals surface area contributed by atoms with Crippen molar-refractivity contribution in [3.8, 4) is 0 Å². The van der Waals surface area contributed by atoms with Crippen molar-refractivity contribution >= 4 is 17.8 Å². The van der Waals surface area contributed by atoms with Gasteiger partial charge >= 0.3 is 12.1 Å². The highest BCUT2D eigenvalue weighted by atomic mass is 16.6. The van der Waals surface area contributed by atoms with Gasteiger partial charge in [0, 0.05) is 38.4 Å². The molecule has 1 heterocycles. The van der Waals surface area contributed by atoms with Crippen LogP contribution in [0.2, 0.25) is 0 Å². The van der Waals surface area contributed by atoms with Crippen LogP contribution in [0.1, 0.15) is 43.9 Å². The number of hydrogen-bond donors (Lipinski definition) is 0. The molecule has 6 nitrogen and oxygen atoms in total. The molecule has 0 atom stereocenters. The summed E-state index contributed by atoms with van der Waals surface area (Å²) in [7, 11) is 0. The zero-order valence-electron chi connectivity index (χ0n) is 20.5. The molecule has 0 aromatic heterocycles. The van der Waals surface area contributed by atoms with Crippen LogP contribution in [-0.4, -0.2) is 40.6 Å². The van der Waals surface area contributed by atoms with Crippen molar-refractivity contribution in [2.75, 3.05) is 18.0 Å². The van der Waals surface area contributed by atoms with Gasteiger partial charge in [-0.25, -0.2) is 9.59 Å². The number of carbonyl (C=O) groups is 2. The lowest BCUT2D eigenvalue weighted by Gasteiger charge is -2.30. The van der Waals surface area contributed by atoms with Crippen molar-refractivity contribution in [1.82, 2.24) is 9.80 Å². The van der Waals surface area contributed by atoms with Crippen molar-refractivity contribution in [2.45, 2.75) is 52.4 Å². The van der Waals surface area contributed by atoms with Gasteiger partial charge in [-0.15, -0.1) is 13.2 Å². The normalized spacial score (nSPS) is 12.6. The first kappa shape index (κ1) is 25.1. The molecule has 0 radical (unpaired) electrons. The van der Waals surface area contributed by atoms with Crippen LogP contribution in [-0.2, 0) is 24.4 Å². The van der Waals surface area contributed by atoms with Gasteiger partial charge < -0.3 is 9.64 Å². The lowest BCUT2D eigenvalue weighted by Crippen LogP contribution is -2.43. The van der Waals surface area contributed by atoms with Gasteiger partial charge in [0.05, 0.1) is 0 Å². The Morgan fingerprint density at radius 1 is 1.03 bits per heavy atom. The van der Waals surface area contributed by atoms with Crippen molar-refractivity contribution in [3.63, 3.8) is 0 Å². The van der Waals surface area contributed by atoms with Crippen molar-refractivity contribution in [3.05, 3.63) is 90.5 Å². The number of fused-ring (bicyclic) bond motifs is 1. The topological polar surface area (TPSA) is 53.1 Å². The number of hydrogen-bond acceptors (Lipinski definition) is 3. The maximum absolute atomic E-state index is 13.7. The first-order valence-electron chi connectivity index (χ1n) is 11.6. The molecule has 0 saturated carbocycles. The van der Waals surface area contributed by atoms with E-state index in [4.69, 9.17) is 4.74 Å². The van der Waals surface area contributed by atoms with Gasteiger partial charge in [0.2, 0.25) is 0 Å². The molecule has 0 N–H and O–H groups in total. The minimum Gasteiger partial charge on any atom is -0.444 e. The van der Waals surface area contributed by atoms with Crippen LogP contribution in [0.25, 0.3) is 0 Å². The fourth-order valence-corrected chi connectivity index (χ4v) is 3.90. The molecule has 0 fully saturated rings. The van der Waals surface area contributed by atoms with E-state index < -0.39 is 5.60 Å². The fourth-order valence-electron chi connectivity index (χ4n) is 3.90. The minimum absolute atomic E-state index is 0.0902. The molecule has 3 amide bonds. The van der Waals surface area contributed by atoms with Crippen LogP contribution in [0.15, 0.2) is 73.8 Å². The number of amides is 3. The monoisotopic (exact) mass is 461 g/mol. The first-order chi connectivity index (χ1) is 16.2. The van der Waals surface area contributed by atoms with Crippen LogP contribution in [0.4, 0.5) is 15.3 Å². The number of benzene rings is 2. The zero-order valence-corrected chi connectivity index (χ0v) is 20.5. The molecule has 34 heavy (non-hydrogen) atoms. The lowest BCUT2D eigenvalue weighted by atomic mass is 10.1. The second-order valence-corrected chi connectivity index (χ2v) is 9.46. The van der Waals surface area contributed by atoms with Gasteiger partial charge in [0.15, 0.2) is 0 Å². The van der Waals surface area contributed by atoms with Gasteiger partial charge in [-0.2, -0.15) is 0 Å². The molecule has 2 aromatic rings. The molecule has 6 heteroatoms. The highest BCUT2D eigenvalue weighted by molar-refractivity contribution is 5.92. The standard InChI is InChI=1S/C28H35N3O3/c1-6-8-17-31(26(32)29(16-7-2)19-22-12-10-9-11-13-22)25-15-14-23-20-30(21-24(23)18-25)27(33)34-28(3,4)5/h6-7,9-15,18H,1-2,8,16-17,19-21H2,3-5H3. The number of nitrogens with zero attached hydrogens (tertiary/aromatic N) is 3. The van der Waals surface area contributed by atoms with E-state index in [2.05, 4.69) is 13.2 Å². The Morgan fingerprint density at radius 3 is 2.38 bits per heavy atom. The Hall–Kier alpha value is -3.54. The van der Waals surface area contributed by atoms with Crippen LogP contribution in [0.3, 0.4) is 0 Å². The molecule has 1 aliphatic heterocycles. The summed E-state index contributed by atoms with van der Waals surface area (Å²) in [5.74, 6) is 0. The van der Waals surface area contributed by atoms with E-state index in [9.17, 15) is 9.59 Å². The van der Waals surface area contributed by atoms with Crippen molar-refractivity contribution < 1.29 is 14.3 Å². The smallest absolute Gasteiger partial charge is 0.410 e. The Kier molecular flexibility index (Phi) is 8.16. The van der Waals surface area contributed by atoms with E-state index in [-0.39, 0.29) is 12.1 Å². The van der Waals surface area contributed by atoms with Crippen LogP contribution >= 0.6 is 0 Å². The van der Waals surface area contributed by atoms with Gasteiger partial charge in [-0.05, 0) is 56.0 Å². The van der Waals surface area contributed by atoms with E-state index in [1.807, 2.05) is 75.4 Å². The summed E-state index contributed by atoms with van der Waals surface area (Å²) in [5, 5.41) is 0. The molecule has 3 rings (SSSR count). The average molecular weight is 462 g/mol. The highest BCUT2D eigenvalue weighted by Gasteiger charge is 2.29. The second kappa shape index (κ2) is 11.1. The fraction of sp³-hybridized carbons (Fsp3) is 0.357. The molecule has 0 aliphatic carbocycles. The predicted octanol–water partition coefficient (Wildman–Crippen LogP) is 6.13. The van der Waals surface area contributed by atoms with E-state index in [0.717, 1.165) is 22.4 Å². The molecular weight excluding hydrogens is 426 g/mol. The molecular formula is C28H35N3O3. The van der Waals surface area contributed by atoms with Gasteiger partial charge in [0.25, 0.3) is 0 Å². The van der Waals surface area contributed by atoms with E-state index in [1.165, 1.54) is 0 Å². The summed E-state index contributed by atoms with van der Waals surface area (Å²) >= 11 is 0. The maximum atomic E-state index is 13.7. The molecule has 1 aliphatic rings. The van der Waals surface area contributed by atoms with Gasteiger partial charge in [-0.1, -0.05) is 48.6 Å². The maximum Gasteiger partial charge on any atom is 0.410 e. The van der Waals surface area contributed by atoms with Gasteiger partial charge in [-0.3, -0.25) is 9.80 Å². The molecule has 180 valence electrons. The third kappa shape index (κ3) is 6.50. The average Bonchev–Trinajstić information content (AvgIpc) is 3.22. The molecule has 2 aromatic carbocycles. The first-order valence-corrected chi connectivity index (χ1v) is 11.6. The number of anilines is 1. The number of carbonyl (C=O) groups excluding carboxylic acids is 2. The summed E-state index contributed by atoms with van der Waals surface area (Å²) in [6.07, 6.45) is 3.89. The summed E-state index contributed by atoms with van der Waals surface area (Å²) in [4.78, 5) is 31.5. The Balaban J connectivity index is 1.82. The summed E-state index contributed by atoms with van der Waals surface area (Å²) < 4.78 is 5.53. The number of urea groups is 1. The quantitative estimate of drug-likeness (QED) is 0.445. The molecule has 0 spiro atoms. The number of rotatable bonds is 8. The van der Waals surface area contributed by atoms with Crippen LogP contribution < -0.4 is 4.90 Å². The molecule has 0 unspecified atom stereocenters. The zero-order chi connectivity index (χ0) is 24.7. The lowest BCUT2D eigenvalue weighted by molar-refractivity contribution is 0.0242. The van der Waals surface area contributed by atoms with Crippen LogP contribution in [0, 0.1) is 0 Å². The van der Waals surface area contributed by atoms with Crippen molar-refractivity contribution in [2.24, 2.45) is 0 Å². The van der Waals surface area contributed by atoms with E-state index in [0.29, 0.717) is 39.1 Å². The predicted molar refractivity (Wildman–Crippen MR) is 137 cm³/mol. The Morgan fingerprint density at radius 2 is 1.74 bits per heavy atom. The Labute approximate surface area is 203 Å². The largest absolute Gasteiger partial charge is 0.444 e. The van der Waals surface area contributed by atoms with E-state index in [1.54, 1.807) is 20.8 Å². The van der Waals surface area contributed by atoms with Gasteiger partial charge in [0.1, 0.15) is 5.60 Å². The minimum atomic E-state index is -0.543. The summed E-state index contributed by atoms with van der Waals surface area (Å²) in [6, 6.07) is 15.8.